The Labute approximate surface area is 114 Å². The number of nitrogens with zero attached hydrogens (tertiary/aromatic N) is 2. The summed E-state index contributed by atoms with van der Waals surface area (Å²) >= 11 is 0. The second-order valence-electron chi connectivity index (χ2n) is 4.12. The molecule has 0 unspecified atom stereocenters. The maximum atomic E-state index is 12.2. The van der Waals surface area contributed by atoms with E-state index in [-0.39, 0.29) is 16.7 Å². The van der Waals surface area contributed by atoms with Crippen molar-refractivity contribution in [1.82, 2.24) is 15.0 Å². The summed E-state index contributed by atoms with van der Waals surface area (Å²) in [5.74, 6) is 0.291. The van der Waals surface area contributed by atoms with Crippen molar-refractivity contribution in [3.05, 3.63) is 42.6 Å². The van der Waals surface area contributed by atoms with Crippen LogP contribution in [0.5, 0.6) is 0 Å². The maximum absolute atomic E-state index is 12.2. The van der Waals surface area contributed by atoms with Crippen LogP contribution in [0, 0.1) is 0 Å². The van der Waals surface area contributed by atoms with E-state index in [2.05, 4.69) is 19.7 Å². The van der Waals surface area contributed by atoms with Crippen molar-refractivity contribution in [2.75, 3.05) is 10.5 Å². The number of rotatable bonds is 3. The third-order valence-electron chi connectivity index (χ3n) is 2.68. The zero-order valence-corrected chi connectivity index (χ0v) is 11.1. The van der Waals surface area contributed by atoms with Crippen molar-refractivity contribution < 1.29 is 8.42 Å². The van der Waals surface area contributed by atoms with Crippen molar-refractivity contribution in [3.63, 3.8) is 0 Å². The Morgan fingerprint density at radius 2 is 2.00 bits per heavy atom. The number of nitrogens with one attached hydrogen (secondary N) is 2. The minimum absolute atomic E-state index is 0.0328. The Morgan fingerprint density at radius 3 is 2.75 bits per heavy atom. The topological polar surface area (TPSA) is 114 Å². The van der Waals surface area contributed by atoms with Gasteiger partial charge in [0, 0.05) is 12.3 Å². The van der Waals surface area contributed by atoms with E-state index in [1.807, 2.05) is 18.2 Å². The number of anilines is 2. The lowest BCUT2D eigenvalue weighted by Crippen LogP contribution is -2.14. The average Bonchev–Trinajstić information content (AvgIpc) is 2.80. The first-order chi connectivity index (χ1) is 9.54. The molecule has 1 aromatic carbocycles. The van der Waals surface area contributed by atoms with E-state index < -0.39 is 10.0 Å². The summed E-state index contributed by atoms with van der Waals surface area (Å²) in [6, 6.07) is 9.90. The lowest BCUT2D eigenvalue weighted by atomic mass is 10.3. The first-order valence-corrected chi connectivity index (χ1v) is 7.22. The molecular formula is C12H11N5O2S. The molecule has 7 nitrogen and oxygen atoms in total. The lowest BCUT2D eigenvalue weighted by molar-refractivity contribution is 0.601. The first-order valence-electron chi connectivity index (χ1n) is 5.74. The Bertz CT molecular complexity index is 839. The molecule has 0 aliphatic heterocycles. The Morgan fingerprint density at radius 1 is 1.20 bits per heavy atom. The minimum atomic E-state index is -3.75. The number of benzene rings is 1. The maximum Gasteiger partial charge on any atom is 0.264 e. The first kappa shape index (κ1) is 12.4. The average molecular weight is 289 g/mol. The van der Waals surface area contributed by atoms with E-state index in [1.165, 1.54) is 18.3 Å². The highest BCUT2D eigenvalue weighted by Gasteiger charge is 2.16. The molecule has 0 spiro atoms. The number of pyridine rings is 1. The van der Waals surface area contributed by atoms with Crippen molar-refractivity contribution >= 4 is 32.8 Å². The van der Waals surface area contributed by atoms with Gasteiger partial charge in [0.15, 0.2) is 0 Å². The Balaban J connectivity index is 1.97. The predicted octanol–water partition coefficient (Wildman–Crippen LogP) is 1.34. The van der Waals surface area contributed by atoms with Crippen LogP contribution in [0.3, 0.4) is 0 Å². The molecule has 0 aliphatic rings. The zero-order chi connectivity index (χ0) is 14.2. The molecule has 0 aliphatic carbocycles. The fraction of sp³-hybridized carbons (Fsp3) is 0. The van der Waals surface area contributed by atoms with Gasteiger partial charge in [-0.15, -0.1) is 0 Å². The van der Waals surface area contributed by atoms with Gasteiger partial charge in [-0.3, -0.25) is 0 Å². The zero-order valence-electron chi connectivity index (χ0n) is 10.2. The Hall–Kier alpha value is -2.61. The van der Waals surface area contributed by atoms with Gasteiger partial charge in [-0.05, 0) is 18.2 Å². The van der Waals surface area contributed by atoms with E-state index in [4.69, 9.17) is 5.73 Å². The van der Waals surface area contributed by atoms with Crippen LogP contribution >= 0.6 is 0 Å². The summed E-state index contributed by atoms with van der Waals surface area (Å²) in [6.07, 6.45) is 1.34. The molecule has 0 saturated heterocycles. The fourth-order valence-corrected chi connectivity index (χ4v) is 2.77. The Kier molecular flexibility index (Phi) is 2.79. The molecule has 3 rings (SSSR count). The molecule has 0 saturated carbocycles. The number of fused-ring (bicyclic) bond motifs is 1. The summed E-state index contributed by atoms with van der Waals surface area (Å²) in [7, 11) is -3.75. The summed E-state index contributed by atoms with van der Waals surface area (Å²) in [6.45, 7) is 0. The molecule has 0 bridgehead atoms. The van der Waals surface area contributed by atoms with Crippen LogP contribution in [-0.4, -0.2) is 23.4 Å². The standard InChI is InChI=1S/C12H11N5O2S/c13-11-7-8(5-6-14-11)20(18,19)17-12-15-9-3-1-2-4-10(9)16-12/h1-7H,(H2,13,14)(H2,15,16,17). The quantitative estimate of drug-likeness (QED) is 0.673. The SMILES string of the molecule is Nc1cc(S(=O)(=O)Nc2nc3ccccc3[nH]2)ccn1. The molecule has 4 N–H and O–H groups in total. The minimum Gasteiger partial charge on any atom is -0.384 e. The number of hydrogen-bond donors (Lipinski definition) is 3. The van der Waals surface area contributed by atoms with Crippen molar-refractivity contribution in [3.8, 4) is 0 Å². The molecule has 3 aromatic rings. The monoisotopic (exact) mass is 289 g/mol. The number of nitrogens with two attached hydrogens (primary N) is 1. The fourth-order valence-electron chi connectivity index (χ4n) is 1.78. The highest BCUT2D eigenvalue weighted by atomic mass is 32.2. The van der Waals surface area contributed by atoms with Gasteiger partial charge in [0.2, 0.25) is 5.95 Å². The van der Waals surface area contributed by atoms with Crippen LogP contribution in [0.25, 0.3) is 11.0 Å². The molecule has 0 fully saturated rings. The van der Waals surface area contributed by atoms with E-state index in [9.17, 15) is 8.42 Å². The van der Waals surface area contributed by atoms with Gasteiger partial charge in [-0.1, -0.05) is 12.1 Å². The number of H-pyrrole nitrogens is 1. The number of aromatic amines is 1. The molecule has 2 heterocycles. The summed E-state index contributed by atoms with van der Waals surface area (Å²) in [5.41, 5.74) is 6.91. The van der Waals surface area contributed by atoms with Gasteiger partial charge >= 0.3 is 0 Å². The second kappa shape index (κ2) is 4.49. The van der Waals surface area contributed by atoms with Gasteiger partial charge in [0.05, 0.1) is 15.9 Å². The van der Waals surface area contributed by atoms with Gasteiger partial charge in [-0.25, -0.2) is 23.1 Å². The number of aromatic nitrogens is 3. The summed E-state index contributed by atoms with van der Waals surface area (Å²) in [4.78, 5) is 10.8. The summed E-state index contributed by atoms with van der Waals surface area (Å²) in [5, 5.41) is 0. The van der Waals surface area contributed by atoms with E-state index >= 15 is 0 Å². The second-order valence-corrected chi connectivity index (χ2v) is 5.81. The van der Waals surface area contributed by atoms with Crippen LogP contribution < -0.4 is 10.5 Å². The molecular weight excluding hydrogens is 278 g/mol. The third-order valence-corrected chi connectivity index (χ3v) is 4.02. The molecule has 0 amide bonds. The van der Waals surface area contributed by atoms with Crippen LogP contribution in [-0.2, 0) is 10.0 Å². The van der Waals surface area contributed by atoms with E-state index in [1.54, 1.807) is 6.07 Å². The molecule has 2 aromatic heterocycles. The van der Waals surface area contributed by atoms with Crippen LogP contribution in [0.2, 0.25) is 0 Å². The normalized spacial score (nSPS) is 11.6. The molecule has 0 radical (unpaired) electrons. The van der Waals surface area contributed by atoms with Gasteiger partial charge < -0.3 is 10.7 Å². The van der Waals surface area contributed by atoms with E-state index in [0.29, 0.717) is 5.52 Å². The molecule has 8 heteroatoms. The van der Waals surface area contributed by atoms with Gasteiger partial charge in [-0.2, -0.15) is 0 Å². The number of hydrogen-bond acceptors (Lipinski definition) is 5. The van der Waals surface area contributed by atoms with Crippen LogP contribution in [0.1, 0.15) is 0 Å². The number of para-hydroxylation sites is 2. The van der Waals surface area contributed by atoms with Crippen LogP contribution in [0.4, 0.5) is 11.8 Å². The smallest absolute Gasteiger partial charge is 0.264 e. The van der Waals surface area contributed by atoms with E-state index in [0.717, 1.165) is 5.52 Å². The largest absolute Gasteiger partial charge is 0.384 e. The molecule has 102 valence electrons. The molecule has 0 atom stereocenters. The lowest BCUT2D eigenvalue weighted by Gasteiger charge is -2.05. The number of nitrogen functional groups attached to an aromatic ring is 1. The van der Waals surface area contributed by atoms with Gasteiger partial charge in [0.1, 0.15) is 5.82 Å². The van der Waals surface area contributed by atoms with Crippen molar-refractivity contribution in [2.24, 2.45) is 0 Å². The van der Waals surface area contributed by atoms with Gasteiger partial charge in [0.25, 0.3) is 10.0 Å². The van der Waals surface area contributed by atoms with Crippen molar-refractivity contribution in [1.29, 1.82) is 0 Å². The van der Waals surface area contributed by atoms with Crippen LogP contribution in [0.15, 0.2) is 47.5 Å². The third kappa shape index (κ3) is 2.28. The molecule has 20 heavy (non-hydrogen) atoms. The summed E-state index contributed by atoms with van der Waals surface area (Å²) < 4.78 is 26.7. The highest BCUT2D eigenvalue weighted by molar-refractivity contribution is 7.92. The predicted molar refractivity (Wildman–Crippen MR) is 75.6 cm³/mol. The number of sulfonamides is 1. The highest BCUT2D eigenvalue weighted by Crippen LogP contribution is 2.18. The number of imidazole rings is 1. The van der Waals surface area contributed by atoms with Crippen molar-refractivity contribution in [2.45, 2.75) is 4.90 Å².